The Morgan fingerprint density at radius 2 is 2.03 bits per heavy atom. The number of ether oxygens (including phenoxy) is 2. The van der Waals surface area contributed by atoms with Crippen molar-refractivity contribution >= 4 is 17.1 Å². The zero-order chi connectivity index (χ0) is 29.2. The van der Waals surface area contributed by atoms with Crippen molar-refractivity contribution in [3.05, 3.63) is 35.5 Å². The van der Waals surface area contributed by atoms with Crippen molar-refractivity contribution < 1.29 is 22.9 Å². The molecule has 1 aliphatic rings. The number of hydrogen-bond acceptors (Lipinski definition) is 7. The summed E-state index contributed by atoms with van der Waals surface area (Å²) in [5.41, 5.74) is 3.82. The van der Waals surface area contributed by atoms with Gasteiger partial charge in [-0.1, -0.05) is 11.2 Å². The van der Waals surface area contributed by atoms with Crippen LogP contribution in [0.25, 0.3) is 22.2 Å². The summed E-state index contributed by atoms with van der Waals surface area (Å²) in [6, 6.07) is 5.80. The molecule has 2 aromatic heterocycles. The number of aryl methyl sites for hydroxylation is 2. The Kier molecular flexibility index (Phi) is 7.05. The molecule has 1 aromatic carbocycles. The fraction of sp³-hybridized carbons (Fsp3) is 0.607. The van der Waals surface area contributed by atoms with E-state index in [0.29, 0.717) is 25.8 Å². The first-order valence-corrected chi connectivity index (χ1v) is 13.0. The van der Waals surface area contributed by atoms with Gasteiger partial charge in [0.25, 0.3) is 0 Å². The number of carbonyl (C=O) groups is 1. The lowest BCUT2D eigenvalue weighted by Gasteiger charge is -2.31. The maximum Gasteiger partial charge on any atom is 0.408 e. The highest BCUT2D eigenvalue weighted by atomic mass is 16.6. The fourth-order valence-corrected chi connectivity index (χ4v) is 5.22. The summed E-state index contributed by atoms with van der Waals surface area (Å²) < 4.78 is 41.0. The van der Waals surface area contributed by atoms with Crippen LogP contribution in [0.4, 0.5) is 4.79 Å². The number of alkyl carbamates (subject to hydrolysis) is 1. The van der Waals surface area contributed by atoms with Gasteiger partial charge in [-0.3, -0.25) is 0 Å². The van der Waals surface area contributed by atoms with Crippen molar-refractivity contribution in [3.63, 3.8) is 0 Å². The van der Waals surface area contributed by atoms with Gasteiger partial charge in [-0.2, -0.15) is 0 Å². The maximum atomic E-state index is 12.9. The Morgan fingerprint density at radius 1 is 1.27 bits per heavy atom. The highest BCUT2D eigenvalue weighted by molar-refractivity contribution is 5.84. The summed E-state index contributed by atoms with van der Waals surface area (Å²) in [5.74, 6) is 1.48. The molecule has 0 aliphatic heterocycles. The third-order valence-corrected chi connectivity index (χ3v) is 6.90. The number of nitrogens with zero attached hydrogens (tertiary/aromatic N) is 3. The average Bonchev–Trinajstić information content (AvgIpc) is 3.39. The van der Waals surface area contributed by atoms with Gasteiger partial charge in [-0.05, 0) is 98.0 Å². The van der Waals surface area contributed by atoms with Gasteiger partial charge in [0, 0.05) is 18.6 Å². The van der Waals surface area contributed by atoms with E-state index in [0.717, 1.165) is 52.3 Å². The van der Waals surface area contributed by atoms with Crippen LogP contribution in [0.2, 0.25) is 0 Å². The number of carbonyl (C=O) groups excluding carboxylic acids is 1. The van der Waals surface area contributed by atoms with E-state index in [9.17, 15) is 4.79 Å². The minimum Gasteiger partial charge on any atom is -0.444 e. The molecular weight excluding hydrogens is 470 g/mol. The summed E-state index contributed by atoms with van der Waals surface area (Å²) in [5, 5.41) is 10.3. The van der Waals surface area contributed by atoms with Crippen LogP contribution in [0.3, 0.4) is 0 Å². The van der Waals surface area contributed by atoms with Gasteiger partial charge in [0.05, 0.1) is 33.0 Å². The smallest absolute Gasteiger partial charge is 0.408 e. The van der Waals surface area contributed by atoms with Gasteiger partial charge in [-0.25, -0.2) is 9.78 Å². The number of nitrogens with one attached hydrogen (secondary N) is 2. The van der Waals surface area contributed by atoms with E-state index in [1.54, 1.807) is 0 Å². The highest BCUT2D eigenvalue weighted by Crippen LogP contribution is 2.37. The lowest BCUT2D eigenvalue weighted by atomic mass is 9.92. The Labute approximate surface area is 223 Å². The van der Waals surface area contributed by atoms with Crippen molar-refractivity contribution in [1.82, 2.24) is 25.3 Å². The molecule has 3 aromatic rings. The molecule has 37 heavy (non-hydrogen) atoms. The molecule has 2 N–H and O–H groups in total. The molecule has 2 heterocycles. The standard InChI is InChI=1S/C28H41N5O4/c1-17-25(18(2)37-32-17)19-8-13-24-23(16-19)30-26(33(24)20-9-11-21(35-7)12-10-20)22(14-15-29-6)31-27(34)36-28(3,4)5/h8,13,16,20-22,29H,9-12,14-15H2,1-7H3,(H,31,34)/t20?,21?,22-/m0/s1/i7D3. The average molecular weight is 515 g/mol. The minimum absolute atomic E-state index is 0.0684. The monoisotopic (exact) mass is 514 g/mol. The molecule has 1 aliphatic carbocycles. The number of aromatic nitrogens is 3. The number of fused-ring (bicyclic) bond motifs is 1. The third-order valence-electron chi connectivity index (χ3n) is 6.90. The number of methoxy groups -OCH3 is 1. The second-order valence-corrected chi connectivity index (χ2v) is 10.9. The van der Waals surface area contributed by atoms with Crippen LogP contribution in [0.1, 0.15) is 86.3 Å². The molecule has 0 saturated heterocycles. The third kappa shape index (κ3) is 6.15. The molecule has 0 spiro atoms. The van der Waals surface area contributed by atoms with Gasteiger partial charge in [-0.15, -0.1) is 0 Å². The van der Waals surface area contributed by atoms with E-state index in [1.807, 2.05) is 53.8 Å². The first kappa shape index (κ1) is 23.2. The van der Waals surface area contributed by atoms with E-state index >= 15 is 0 Å². The topological polar surface area (TPSA) is 103 Å². The predicted molar refractivity (Wildman–Crippen MR) is 144 cm³/mol. The molecule has 202 valence electrons. The number of amides is 1. The summed E-state index contributed by atoms with van der Waals surface area (Å²) in [6.07, 6.45) is 2.51. The first-order valence-electron chi connectivity index (χ1n) is 14.5. The van der Waals surface area contributed by atoms with Crippen LogP contribution >= 0.6 is 0 Å². The number of imidazole rings is 1. The van der Waals surface area contributed by atoms with Gasteiger partial charge >= 0.3 is 6.09 Å². The molecular formula is C28H41N5O4. The highest BCUT2D eigenvalue weighted by Gasteiger charge is 2.30. The summed E-state index contributed by atoms with van der Waals surface area (Å²) in [7, 11) is -0.538. The van der Waals surface area contributed by atoms with Crippen molar-refractivity contribution in [2.24, 2.45) is 0 Å². The molecule has 0 unspecified atom stereocenters. The largest absolute Gasteiger partial charge is 0.444 e. The molecule has 9 heteroatoms. The van der Waals surface area contributed by atoms with E-state index in [2.05, 4.69) is 26.4 Å². The first-order chi connectivity index (χ1) is 18.8. The molecule has 9 nitrogen and oxygen atoms in total. The number of benzene rings is 1. The zero-order valence-corrected chi connectivity index (χ0v) is 22.7. The van der Waals surface area contributed by atoms with Crippen LogP contribution in [-0.2, 0) is 9.47 Å². The summed E-state index contributed by atoms with van der Waals surface area (Å²) >= 11 is 0. The second kappa shape index (κ2) is 11.2. The molecule has 1 saturated carbocycles. The van der Waals surface area contributed by atoms with Crippen LogP contribution in [0, 0.1) is 13.8 Å². The Hall–Kier alpha value is -2.91. The number of rotatable bonds is 8. The summed E-state index contributed by atoms with van der Waals surface area (Å²) in [6.45, 7) is 9.97. The molecule has 0 radical (unpaired) electrons. The predicted octanol–water partition coefficient (Wildman–Crippen LogP) is 5.61. The van der Waals surface area contributed by atoms with Crippen molar-refractivity contribution in [2.45, 2.75) is 90.5 Å². The van der Waals surface area contributed by atoms with Crippen LogP contribution in [0.15, 0.2) is 22.7 Å². The van der Waals surface area contributed by atoms with E-state index in [-0.39, 0.29) is 12.1 Å². The van der Waals surface area contributed by atoms with Crippen molar-refractivity contribution in [2.75, 3.05) is 20.6 Å². The van der Waals surface area contributed by atoms with Gasteiger partial charge in [0.1, 0.15) is 17.2 Å². The van der Waals surface area contributed by atoms with Gasteiger partial charge in [0.2, 0.25) is 0 Å². The Bertz CT molecular complexity index is 1300. The number of hydrogen-bond donors (Lipinski definition) is 2. The molecule has 1 amide bonds. The lowest BCUT2D eigenvalue weighted by Crippen LogP contribution is -2.37. The van der Waals surface area contributed by atoms with Gasteiger partial charge in [0.15, 0.2) is 0 Å². The van der Waals surface area contributed by atoms with Gasteiger partial charge < -0.3 is 29.2 Å². The van der Waals surface area contributed by atoms with Crippen LogP contribution < -0.4 is 10.6 Å². The lowest BCUT2D eigenvalue weighted by molar-refractivity contribution is 0.0492. The molecule has 1 fully saturated rings. The van der Waals surface area contributed by atoms with E-state index in [1.165, 1.54) is 0 Å². The Morgan fingerprint density at radius 3 is 2.65 bits per heavy atom. The second-order valence-electron chi connectivity index (χ2n) is 10.9. The van der Waals surface area contributed by atoms with Crippen LogP contribution in [0.5, 0.6) is 0 Å². The summed E-state index contributed by atoms with van der Waals surface area (Å²) in [4.78, 5) is 18.0. The van der Waals surface area contributed by atoms with E-state index in [4.69, 9.17) is 23.1 Å². The molecule has 4 rings (SSSR count). The Balaban J connectivity index is 1.75. The minimum atomic E-state index is -2.41. The van der Waals surface area contributed by atoms with Crippen molar-refractivity contribution in [1.29, 1.82) is 0 Å². The quantitative estimate of drug-likeness (QED) is 0.402. The molecule has 0 bridgehead atoms. The maximum absolute atomic E-state index is 12.9. The fourth-order valence-electron chi connectivity index (χ4n) is 5.22. The normalized spacial score (nSPS) is 20.8. The van der Waals surface area contributed by atoms with Crippen molar-refractivity contribution in [3.8, 4) is 11.1 Å². The van der Waals surface area contributed by atoms with E-state index < -0.39 is 24.8 Å². The SMILES string of the molecule is [2H]C([2H])([2H])OC1CCC(n2c([C@H](CCNC)NC(=O)OC(C)(C)C)nc3cc(-c4c(C)noc4C)ccc32)CC1. The zero-order valence-electron chi connectivity index (χ0n) is 25.7. The van der Waals surface area contributed by atoms with Crippen LogP contribution in [-0.4, -0.2) is 53.1 Å². The molecule has 1 atom stereocenters.